The largest absolute Gasteiger partial charge is 0.292 e. The normalized spacial score (nSPS) is 11.2. The van der Waals surface area contributed by atoms with E-state index in [0.29, 0.717) is 10.9 Å². The van der Waals surface area contributed by atoms with Crippen LogP contribution in [0.25, 0.3) is 10.2 Å². The van der Waals surface area contributed by atoms with Crippen molar-refractivity contribution in [1.29, 1.82) is 0 Å². The van der Waals surface area contributed by atoms with Gasteiger partial charge in [-0.3, -0.25) is 14.2 Å². The summed E-state index contributed by atoms with van der Waals surface area (Å²) < 4.78 is 1.41. The van der Waals surface area contributed by atoms with Crippen LogP contribution in [0.5, 0.6) is 0 Å². The molecule has 4 nitrogen and oxygen atoms in total. The van der Waals surface area contributed by atoms with Crippen molar-refractivity contribution in [1.82, 2.24) is 9.55 Å². The van der Waals surface area contributed by atoms with E-state index in [1.807, 2.05) is 26.0 Å². The molecular weight excluding hydrogens is 316 g/mol. The number of ketones is 1. The van der Waals surface area contributed by atoms with Crippen LogP contribution in [0.3, 0.4) is 0 Å². The average molecular weight is 332 g/mol. The van der Waals surface area contributed by atoms with Crippen LogP contribution >= 0.6 is 22.7 Å². The van der Waals surface area contributed by atoms with Crippen LogP contribution in [0.1, 0.15) is 31.9 Å². The summed E-state index contributed by atoms with van der Waals surface area (Å²) in [6.07, 6.45) is 2.36. The van der Waals surface area contributed by atoms with Crippen LogP contribution in [-0.2, 0) is 13.0 Å². The highest BCUT2D eigenvalue weighted by Crippen LogP contribution is 2.22. The molecule has 6 heteroatoms. The maximum Gasteiger partial charge on any atom is 0.262 e. The third-order valence-corrected chi connectivity index (χ3v) is 5.73. The molecule has 0 saturated heterocycles. The van der Waals surface area contributed by atoms with E-state index in [-0.39, 0.29) is 17.9 Å². The van der Waals surface area contributed by atoms with E-state index in [4.69, 9.17) is 0 Å². The maximum atomic E-state index is 12.5. The first-order chi connectivity index (χ1) is 10.5. The number of aromatic nitrogens is 2. The number of thiophene rings is 2. The van der Waals surface area contributed by atoms with E-state index in [2.05, 4.69) is 11.9 Å². The summed E-state index contributed by atoms with van der Waals surface area (Å²) in [5.41, 5.74) is 0.563. The summed E-state index contributed by atoms with van der Waals surface area (Å²) in [5, 5.41) is 0.607. The number of carbonyl (C=O) groups excluding carboxylic acids is 1. The third kappa shape index (κ3) is 2.64. The van der Waals surface area contributed by atoms with Crippen LogP contribution in [0.2, 0.25) is 0 Å². The molecule has 0 fully saturated rings. The Hall–Kier alpha value is -1.79. The second-order valence-electron chi connectivity index (χ2n) is 5.21. The van der Waals surface area contributed by atoms with Crippen molar-refractivity contribution in [2.24, 2.45) is 0 Å². The Kier molecular flexibility index (Phi) is 3.97. The second-order valence-corrected chi connectivity index (χ2v) is 7.79. The standard InChI is InChI=1S/C16H16N2O2S2/c1-4-11-6-13-15(22-11)17-8-18(16(13)20)7-14(19)12-5-9(2)21-10(12)3/h5-6,8H,4,7H2,1-3H3. The molecule has 0 saturated carbocycles. The summed E-state index contributed by atoms with van der Waals surface area (Å²) in [5.74, 6) is -0.0453. The van der Waals surface area contributed by atoms with Crippen LogP contribution in [0.4, 0.5) is 0 Å². The maximum absolute atomic E-state index is 12.5. The number of aryl methyl sites for hydroxylation is 3. The molecule has 3 heterocycles. The molecule has 0 amide bonds. The zero-order valence-corrected chi connectivity index (χ0v) is 14.3. The Morgan fingerprint density at radius 1 is 1.27 bits per heavy atom. The van der Waals surface area contributed by atoms with E-state index in [1.165, 1.54) is 22.2 Å². The molecule has 0 spiro atoms. The van der Waals surface area contributed by atoms with Crippen molar-refractivity contribution in [3.63, 3.8) is 0 Å². The van der Waals surface area contributed by atoms with Gasteiger partial charge in [0.1, 0.15) is 4.83 Å². The van der Waals surface area contributed by atoms with E-state index < -0.39 is 0 Å². The second kappa shape index (κ2) is 5.78. The SMILES string of the molecule is CCc1cc2c(=O)n(CC(=O)c3cc(C)sc3C)cnc2s1. The zero-order valence-electron chi connectivity index (χ0n) is 12.7. The number of fused-ring (bicyclic) bond motifs is 1. The Morgan fingerprint density at radius 3 is 2.68 bits per heavy atom. The minimum Gasteiger partial charge on any atom is -0.292 e. The van der Waals surface area contributed by atoms with Gasteiger partial charge in [0.05, 0.1) is 18.3 Å². The number of nitrogens with zero attached hydrogens (tertiary/aromatic N) is 2. The number of hydrogen-bond acceptors (Lipinski definition) is 5. The summed E-state index contributed by atoms with van der Waals surface area (Å²) >= 11 is 3.13. The summed E-state index contributed by atoms with van der Waals surface area (Å²) in [6.45, 7) is 6.00. The Bertz CT molecular complexity index is 918. The van der Waals surface area contributed by atoms with E-state index in [0.717, 1.165) is 25.9 Å². The first-order valence-corrected chi connectivity index (χ1v) is 8.71. The van der Waals surface area contributed by atoms with Gasteiger partial charge in [-0.2, -0.15) is 0 Å². The Labute approximate surface area is 136 Å². The third-order valence-electron chi connectivity index (χ3n) is 3.57. The fourth-order valence-corrected chi connectivity index (χ4v) is 4.31. The van der Waals surface area contributed by atoms with Gasteiger partial charge in [-0.25, -0.2) is 4.98 Å². The van der Waals surface area contributed by atoms with Gasteiger partial charge in [-0.05, 0) is 32.4 Å². The number of hydrogen-bond donors (Lipinski definition) is 0. The number of Topliss-reactive ketones (excluding diaryl/α,β-unsaturated/α-hetero) is 1. The fraction of sp³-hybridized carbons (Fsp3) is 0.312. The molecule has 0 atom stereocenters. The molecule has 114 valence electrons. The van der Waals surface area contributed by atoms with Crippen LogP contribution in [-0.4, -0.2) is 15.3 Å². The molecule has 0 bridgehead atoms. The summed E-state index contributed by atoms with van der Waals surface area (Å²) in [4.78, 5) is 33.2. The molecule has 0 aromatic carbocycles. The van der Waals surface area contributed by atoms with Crippen LogP contribution < -0.4 is 5.56 Å². The minimum absolute atomic E-state index is 0.0378. The minimum atomic E-state index is -0.140. The topological polar surface area (TPSA) is 52.0 Å². The van der Waals surface area contributed by atoms with Crippen molar-refractivity contribution in [3.8, 4) is 0 Å². The molecule has 22 heavy (non-hydrogen) atoms. The molecule has 3 aromatic heterocycles. The van der Waals surface area contributed by atoms with Gasteiger partial charge in [-0.1, -0.05) is 6.92 Å². The first-order valence-electron chi connectivity index (χ1n) is 7.07. The predicted octanol–water partition coefficient (Wildman–Crippen LogP) is 3.58. The molecule has 3 rings (SSSR count). The smallest absolute Gasteiger partial charge is 0.262 e. The van der Waals surface area contributed by atoms with E-state index in [9.17, 15) is 9.59 Å². The van der Waals surface area contributed by atoms with Gasteiger partial charge < -0.3 is 0 Å². The Balaban J connectivity index is 1.97. The van der Waals surface area contributed by atoms with Crippen LogP contribution in [0, 0.1) is 13.8 Å². The molecule has 0 radical (unpaired) electrons. The lowest BCUT2D eigenvalue weighted by molar-refractivity contribution is 0.0970. The molecule has 0 aliphatic carbocycles. The van der Waals surface area contributed by atoms with Crippen molar-refractivity contribution < 1.29 is 4.79 Å². The lowest BCUT2D eigenvalue weighted by Gasteiger charge is -2.04. The molecule has 0 aliphatic rings. The fourth-order valence-electron chi connectivity index (χ4n) is 2.44. The van der Waals surface area contributed by atoms with Gasteiger partial charge in [0.25, 0.3) is 5.56 Å². The van der Waals surface area contributed by atoms with E-state index in [1.54, 1.807) is 11.3 Å². The van der Waals surface area contributed by atoms with Gasteiger partial charge in [0, 0.05) is 20.2 Å². The molecule has 0 N–H and O–H groups in total. The van der Waals surface area contributed by atoms with Crippen molar-refractivity contribution >= 4 is 38.7 Å². The Morgan fingerprint density at radius 2 is 2.05 bits per heavy atom. The van der Waals surface area contributed by atoms with Crippen molar-refractivity contribution in [2.45, 2.75) is 33.7 Å². The van der Waals surface area contributed by atoms with Crippen molar-refractivity contribution in [3.05, 3.63) is 49.0 Å². The average Bonchev–Trinajstić information content (AvgIpc) is 3.05. The summed E-state index contributed by atoms with van der Waals surface area (Å²) in [6, 6.07) is 3.77. The lowest BCUT2D eigenvalue weighted by Crippen LogP contribution is -2.24. The van der Waals surface area contributed by atoms with Gasteiger partial charge in [0.15, 0.2) is 5.78 Å². The highest BCUT2D eigenvalue weighted by Gasteiger charge is 2.15. The predicted molar refractivity (Wildman–Crippen MR) is 91.4 cm³/mol. The lowest BCUT2D eigenvalue weighted by atomic mass is 10.1. The van der Waals surface area contributed by atoms with Crippen LogP contribution in [0.15, 0.2) is 23.3 Å². The number of rotatable bonds is 4. The molecule has 3 aromatic rings. The summed E-state index contributed by atoms with van der Waals surface area (Å²) in [7, 11) is 0. The van der Waals surface area contributed by atoms with Crippen molar-refractivity contribution in [2.75, 3.05) is 0 Å². The number of carbonyl (C=O) groups is 1. The highest BCUT2D eigenvalue weighted by molar-refractivity contribution is 7.18. The first kappa shape index (κ1) is 15.1. The highest BCUT2D eigenvalue weighted by atomic mass is 32.1. The van der Waals surface area contributed by atoms with Gasteiger partial charge in [0.2, 0.25) is 0 Å². The molecule has 0 unspecified atom stereocenters. The zero-order chi connectivity index (χ0) is 15.9. The monoisotopic (exact) mass is 332 g/mol. The molecule has 0 aliphatic heterocycles. The van der Waals surface area contributed by atoms with E-state index >= 15 is 0 Å². The van der Waals surface area contributed by atoms with Gasteiger partial charge in [-0.15, -0.1) is 22.7 Å². The quantitative estimate of drug-likeness (QED) is 0.686. The van der Waals surface area contributed by atoms with Gasteiger partial charge >= 0.3 is 0 Å². The molecular formula is C16H16N2O2S2.